The summed E-state index contributed by atoms with van der Waals surface area (Å²) in [7, 11) is 1.94. The number of carboxylic acid groups (broad SMARTS) is 1. The normalized spacial score (nSPS) is 22.3. The second-order valence-corrected chi connectivity index (χ2v) is 8.94. The first-order chi connectivity index (χ1) is 13.6. The molecule has 0 radical (unpaired) electrons. The maximum absolute atomic E-state index is 12.2. The molecule has 1 heterocycles. The van der Waals surface area contributed by atoms with E-state index in [9.17, 15) is 19.8 Å². The Hall–Kier alpha value is -2.32. The van der Waals surface area contributed by atoms with Crippen LogP contribution in [0, 0.1) is 5.92 Å². The van der Waals surface area contributed by atoms with Crippen molar-refractivity contribution >= 4 is 23.4 Å². The van der Waals surface area contributed by atoms with Crippen LogP contribution < -0.4 is 10.3 Å². The Morgan fingerprint density at radius 3 is 2.41 bits per heavy atom. The van der Waals surface area contributed by atoms with Crippen LogP contribution in [0.1, 0.15) is 62.4 Å². The van der Waals surface area contributed by atoms with Gasteiger partial charge in [-0.3, -0.25) is 5.32 Å². The Balaban J connectivity index is 1.81. The third-order valence-electron chi connectivity index (χ3n) is 5.65. The zero-order valence-corrected chi connectivity index (χ0v) is 17.6. The fraction of sp³-hybridized carbons (Fsp3) is 0.619. The van der Waals surface area contributed by atoms with Crippen LogP contribution in [-0.4, -0.2) is 52.6 Å². The minimum absolute atomic E-state index is 0.0345. The van der Waals surface area contributed by atoms with E-state index in [-0.39, 0.29) is 17.9 Å². The molecule has 0 unspecified atom stereocenters. The zero-order chi connectivity index (χ0) is 21.3. The fourth-order valence-corrected chi connectivity index (χ4v) is 4.17. The highest BCUT2D eigenvalue weighted by atomic mass is 16.6. The molecule has 1 amide bonds. The van der Waals surface area contributed by atoms with Gasteiger partial charge in [-0.15, -0.1) is 0 Å². The molecule has 29 heavy (non-hydrogen) atoms. The highest BCUT2D eigenvalue weighted by Crippen LogP contribution is 2.39. The highest BCUT2D eigenvalue weighted by Gasteiger charge is 2.34. The van der Waals surface area contributed by atoms with Gasteiger partial charge in [0.25, 0.3) is 0 Å². The third-order valence-corrected chi connectivity index (χ3v) is 5.65. The number of aliphatic hydroxyl groups excluding tert-OH is 1. The van der Waals surface area contributed by atoms with Crippen molar-refractivity contribution in [1.82, 2.24) is 5.01 Å². The van der Waals surface area contributed by atoms with Gasteiger partial charge in [-0.1, -0.05) is 0 Å². The van der Waals surface area contributed by atoms with Gasteiger partial charge in [-0.25, -0.2) is 14.6 Å². The van der Waals surface area contributed by atoms with Crippen LogP contribution in [0.2, 0.25) is 0 Å². The van der Waals surface area contributed by atoms with E-state index < -0.39 is 17.7 Å². The lowest BCUT2D eigenvalue weighted by Gasteiger charge is -2.38. The molecule has 3 rings (SSSR count). The Kier molecular flexibility index (Phi) is 6.05. The zero-order valence-electron chi connectivity index (χ0n) is 17.6. The molecule has 3 N–H and O–H groups in total. The number of carboxylic acids is 1. The molecule has 2 aliphatic rings. The minimum atomic E-state index is -1.10. The minimum Gasteiger partial charge on any atom is -0.478 e. The maximum atomic E-state index is 12.2. The van der Waals surface area contributed by atoms with E-state index >= 15 is 0 Å². The van der Waals surface area contributed by atoms with Gasteiger partial charge in [0.2, 0.25) is 0 Å². The number of benzene rings is 1. The average molecular weight is 405 g/mol. The molecule has 8 nitrogen and oxygen atoms in total. The van der Waals surface area contributed by atoms with Crippen molar-refractivity contribution in [2.45, 2.75) is 64.6 Å². The van der Waals surface area contributed by atoms with Crippen LogP contribution in [0.15, 0.2) is 12.1 Å². The molecule has 1 saturated carbocycles. The van der Waals surface area contributed by atoms with Crippen molar-refractivity contribution in [3.05, 3.63) is 23.3 Å². The van der Waals surface area contributed by atoms with Crippen molar-refractivity contribution in [2.75, 3.05) is 24.0 Å². The molecule has 1 fully saturated rings. The largest absolute Gasteiger partial charge is 0.478 e. The number of amides is 1. The second kappa shape index (κ2) is 8.20. The van der Waals surface area contributed by atoms with Gasteiger partial charge in [-0.05, 0) is 70.1 Å². The molecule has 1 aliphatic carbocycles. The highest BCUT2D eigenvalue weighted by molar-refractivity contribution is 6.00. The number of hydrazine groups is 1. The molecular weight excluding hydrogens is 374 g/mol. The molecule has 0 bridgehead atoms. The Morgan fingerprint density at radius 1 is 1.21 bits per heavy atom. The van der Waals surface area contributed by atoms with Gasteiger partial charge >= 0.3 is 12.1 Å². The van der Waals surface area contributed by atoms with E-state index in [1.165, 1.54) is 0 Å². The van der Waals surface area contributed by atoms with Crippen LogP contribution in [0.4, 0.5) is 16.2 Å². The number of aliphatic hydroxyl groups is 1. The predicted molar refractivity (Wildman–Crippen MR) is 110 cm³/mol. The summed E-state index contributed by atoms with van der Waals surface area (Å²) in [4.78, 5) is 24.0. The number of fused-ring (bicyclic) bond motifs is 1. The molecule has 160 valence electrons. The van der Waals surface area contributed by atoms with Gasteiger partial charge in [0.1, 0.15) is 5.60 Å². The average Bonchev–Trinajstić information content (AvgIpc) is 2.95. The Bertz CT molecular complexity index is 781. The monoisotopic (exact) mass is 405 g/mol. The molecule has 0 spiro atoms. The number of hydrogen-bond acceptors (Lipinski definition) is 6. The van der Waals surface area contributed by atoms with E-state index in [0.717, 1.165) is 36.9 Å². The number of nitrogens with zero attached hydrogens (tertiary/aromatic N) is 2. The molecule has 1 aromatic rings. The van der Waals surface area contributed by atoms with E-state index in [4.69, 9.17) is 4.74 Å². The number of carbonyl (C=O) groups excluding carboxylic acids is 1. The van der Waals surface area contributed by atoms with Crippen molar-refractivity contribution in [3.63, 3.8) is 0 Å². The molecule has 8 heteroatoms. The van der Waals surface area contributed by atoms with Gasteiger partial charge in [0.15, 0.2) is 0 Å². The Labute approximate surface area is 171 Å². The van der Waals surface area contributed by atoms with Gasteiger partial charge in [-0.2, -0.15) is 0 Å². The first-order valence-electron chi connectivity index (χ1n) is 10.1. The first kappa shape index (κ1) is 21.4. The first-order valence-corrected chi connectivity index (χ1v) is 10.1. The summed E-state index contributed by atoms with van der Waals surface area (Å²) in [5.74, 6) is -0.723. The van der Waals surface area contributed by atoms with Crippen LogP contribution in [0.3, 0.4) is 0 Å². The van der Waals surface area contributed by atoms with E-state index in [1.807, 2.05) is 12.1 Å². The third kappa shape index (κ3) is 4.82. The molecule has 0 saturated heterocycles. The fourth-order valence-electron chi connectivity index (χ4n) is 4.17. The van der Waals surface area contributed by atoms with E-state index in [1.54, 1.807) is 32.9 Å². The number of rotatable bonds is 4. The number of carbonyl (C=O) groups is 2. The van der Waals surface area contributed by atoms with Crippen LogP contribution in [-0.2, 0) is 11.3 Å². The quantitative estimate of drug-likeness (QED) is 0.705. The molecule has 0 atom stereocenters. The van der Waals surface area contributed by atoms with Gasteiger partial charge in [0, 0.05) is 26.2 Å². The van der Waals surface area contributed by atoms with E-state index in [0.29, 0.717) is 18.5 Å². The number of nitrogens with one attached hydrogen (secondary N) is 1. The van der Waals surface area contributed by atoms with Crippen LogP contribution >= 0.6 is 0 Å². The molecule has 1 aromatic carbocycles. The molecule has 1 aliphatic heterocycles. The summed E-state index contributed by atoms with van der Waals surface area (Å²) in [5, 5.41) is 25.9. The van der Waals surface area contributed by atoms with Crippen molar-refractivity contribution < 1.29 is 24.5 Å². The standard InChI is InChI=1S/C21H31N3O5/c1-21(2,3)29-20(28)22-17-9-14-11-24(15-7-5-13(12-25)6-8-15)23(4)18(14)10-16(17)19(26)27/h9-10,13,15,25H,5-8,11-12H2,1-4H3,(H,22,28)(H,26,27). The molecular formula is C21H31N3O5. The van der Waals surface area contributed by atoms with E-state index in [2.05, 4.69) is 10.3 Å². The van der Waals surface area contributed by atoms with Crippen molar-refractivity contribution in [2.24, 2.45) is 5.92 Å². The number of ether oxygens (including phenoxy) is 1. The summed E-state index contributed by atoms with van der Waals surface area (Å²) >= 11 is 0. The SMILES string of the molecule is CN1c2cc(C(=O)O)c(NC(=O)OC(C)(C)C)cc2CN1C1CCC(CO)CC1. The topological polar surface area (TPSA) is 102 Å². The number of anilines is 2. The predicted octanol–water partition coefficient (Wildman–Crippen LogP) is 3.45. The second-order valence-electron chi connectivity index (χ2n) is 8.94. The van der Waals surface area contributed by atoms with Crippen molar-refractivity contribution in [1.29, 1.82) is 0 Å². The van der Waals surface area contributed by atoms with Crippen LogP contribution in [0.25, 0.3) is 0 Å². The van der Waals surface area contributed by atoms with Crippen LogP contribution in [0.5, 0.6) is 0 Å². The summed E-state index contributed by atoms with van der Waals surface area (Å²) < 4.78 is 5.27. The summed E-state index contributed by atoms with van der Waals surface area (Å²) in [6, 6.07) is 3.70. The molecule has 0 aromatic heterocycles. The Morgan fingerprint density at radius 2 is 1.86 bits per heavy atom. The summed E-state index contributed by atoms with van der Waals surface area (Å²) in [5.41, 5.74) is 1.40. The lowest BCUT2D eigenvalue weighted by atomic mass is 9.86. The smallest absolute Gasteiger partial charge is 0.412 e. The maximum Gasteiger partial charge on any atom is 0.412 e. The lowest BCUT2D eigenvalue weighted by Crippen LogP contribution is -2.44. The lowest BCUT2D eigenvalue weighted by molar-refractivity contribution is 0.0636. The number of aromatic carboxylic acids is 1. The van der Waals surface area contributed by atoms with Gasteiger partial charge < -0.3 is 20.0 Å². The summed E-state index contributed by atoms with van der Waals surface area (Å²) in [6.07, 6.45) is 3.31. The van der Waals surface area contributed by atoms with Gasteiger partial charge in [0.05, 0.1) is 16.9 Å². The number of hydrogen-bond donors (Lipinski definition) is 3. The summed E-state index contributed by atoms with van der Waals surface area (Å²) in [6.45, 7) is 6.16. The van der Waals surface area contributed by atoms with Crippen molar-refractivity contribution in [3.8, 4) is 0 Å².